The SMILES string of the molecule is CCOC(=O)c1sc(N)c(C#N)c1COC(=O)C1C2CC3CC(C2)CC1C3. The Kier molecular flexibility index (Phi) is 4.85. The fourth-order valence-electron chi connectivity index (χ4n) is 5.66. The second-order valence-corrected chi connectivity index (χ2v) is 9.10. The Morgan fingerprint density at radius 2 is 1.78 bits per heavy atom. The summed E-state index contributed by atoms with van der Waals surface area (Å²) in [6.07, 6.45) is 5.87. The van der Waals surface area contributed by atoms with E-state index in [1.165, 1.54) is 6.42 Å². The molecule has 0 amide bonds. The number of carbonyl (C=O) groups is 2. The summed E-state index contributed by atoms with van der Waals surface area (Å²) < 4.78 is 10.7. The van der Waals surface area contributed by atoms with Gasteiger partial charge in [0, 0.05) is 5.56 Å². The molecule has 4 aliphatic carbocycles. The fourth-order valence-corrected chi connectivity index (χ4v) is 6.57. The summed E-state index contributed by atoms with van der Waals surface area (Å²) in [6.45, 7) is 1.84. The van der Waals surface area contributed by atoms with Crippen molar-refractivity contribution >= 4 is 28.3 Å². The van der Waals surface area contributed by atoms with Crippen LogP contribution in [0.25, 0.3) is 0 Å². The van der Waals surface area contributed by atoms with Gasteiger partial charge in [0.25, 0.3) is 0 Å². The largest absolute Gasteiger partial charge is 0.462 e. The van der Waals surface area contributed by atoms with Crippen molar-refractivity contribution in [3.8, 4) is 6.07 Å². The van der Waals surface area contributed by atoms with Crippen molar-refractivity contribution in [3.63, 3.8) is 0 Å². The molecular formula is C20H24N2O4S. The van der Waals surface area contributed by atoms with Crippen LogP contribution >= 0.6 is 11.3 Å². The van der Waals surface area contributed by atoms with E-state index in [1.54, 1.807) is 6.92 Å². The number of nitrogens with zero attached hydrogens (tertiary/aromatic N) is 1. The van der Waals surface area contributed by atoms with Crippen LogP contribution < -0.4 is 5.73 Å². The molecule has 27 heavy (non-hydrogen) atoms. The Bertz CT molecular complexity index is 782. The Balaban J connectivity index is 1.49. The number of rotatable bonds is 5. The van der Waals surface area contributed by atoms with Crippen molar-refractivity contribution in [3.05, 3.63) is 16.0 Å². The first-order chi connectivity index (χ1) is 13.0. The van der Waals surface area contributed by atoms with Crippen LogP contribution in [0, 0.1) is 40.9 Å². The van der Waals surface area contributed by atoms with Gasteiger partial charge in [-0.1, -0.05) is 0 Å². The molecule has 0 saturated heterocycles. The van der Waals surface area contributed by atoms with Gasteiger partial charge in [-0.05, 0) is 62.7 Å². The van der Waals surface area contributed by atoms with Crippen LogP contribution in [0.4, 0.5) is 5.00 Å². The topological polar surface area (TPSA) is 102 Å². The molecule has 5 rings (SSSR count). The maximum Gasteiger partial charge on any atom is 0.348 e. The zero-order valence-corrected chi connectivity index (χ0v) is 16.2. The van der Waals surface area contributed by atoms with Crippen LogP contribution in [0.2, 0.25) is 0 Å². The second-order valence-electron chi connectivity index (χ2n) is 8.05. The van der Waals surface area contributed by atoms with Crippen LogP contribution in [0.15, 0.2) is 0 Å². The number of ether oxygens (including phenoxy) is 2. The minimum Gasteiger partial charge on any atom is -0.462 e. The smallest absolute Gasteiger partial charge is 0.348 e. The van der Waals surface area contributed by atoms with Crippen molar-refractivity contribution in [2.45, 2.75) is 45.6 Å². The first-order valence-corrected chi connectivity index (χ1v) is 10.5. The van der Waals surface area contributed by atoms with Gasteiger partial charge in [-0.25, -0.2) is 4.79 Å². The lowest BCUT2D eigenvalue weighted by atomic mass is 9.52. The minimum absolute atomic E-state index is 0.0367. The molecule has 1 heterocycles. The Morgan fingerprint density at radius 1 is 1.15 bits per heavy atom. The molecule has 0 aliphatic heterocycles. The maximum absolute atomic E-state index is 12.9. The summed E-state index contributed by atoms with van der Waals surface area (Å²) in [6, 6.07) is 2.02. The van der Waals surface area contributed by atoms with Crippen molar-refractivity contribution in [2.75, 3.05) is 12.3 Å². The lowest BCUT2D eigenvalue weighted by Crippen LogP contribution is -2.48. The van der Waals surface area contributed by atoms with E-state index in [4.69, 9.17) is 15.2 Å². The molecule has 4 bridgehead atoms. The molecule has 144 valence electrons. The molecule has 7 heteroatoms. The molecule has 1 aromatic heterocycles. The lowest BCUT2D eigenvalue weighted by molar-refractivity contribution is -0.163. The zero-order chi connectivity index (χ0) is 19.1. The van der Waals surface area contributed by atoms with Crippen LogP contribution in [-0.4, -0.2) is 18.5 Å². The number of esters is 2. The van der Waals surface area contributed by atoms with E-state index in [-0.39, 0.29) is 40.5 Å². The predicted molar refractivity (Wildman–Crippen MR) is 99.7 cm³/mol. The quantitative estimate of drug-likeness (QED) is 0.775. The third-order valence-corrected chi connectivity index (χ3v) is 7.51. The highest BCUT2D eigenvalue weighted by Gasteiger charge is 2.51. The molecule has 1 aromatic rings. The number of hydrogen-bond donors (Lipinski definition) is 1. The van der Waals surface area contributed by atoms with Crippen molar-refractivity contribution in [2.24, 2.45) is 29.6 Å². The molecule has 4 fully saturated rings. The average Bonchev–Trinajstić information content (AvgIpc) is 2.94. The molecule has 0 aromatic carbocycles. The van der Waals surface area contributed by atoms with Gasteiger partial charge in [-0.3, -0.25) is 4.79 Å². The van der Waals surface area contributed by atoms with E-state index < -0.39 is 5.97 Å². The van der Waals surface area contributed by atoms with E-state index in [0.29, 0.717) is 17.4 Å². The molecule has 2 N–H and O–H groups in total. The summed E-state index contributed by atoms with van der Waals surface area (Å²) in [5.74, 6) is 1.68. The summed E-state index contributed by atoms with van der Waals surface area (Å²) >= 11 is 1.01. The molecular weight excluding hydrogens is 364 g/mol. The monoisotopic (exact) mass is 388 g/mol. The Morgan fingerprint density at radius 3 is 2.33 bits per heavy atom. The van der Waals surface area contributed by atoms with Crippen molar-refractivity contribution in [1.29, 1.82) is 5.26 Å². The predicted octanol–water partition coefficient (Wildman–Crippen LogP) is 3.49. The van der Waals surface area contributed by atoms with E-state index in [1.807, 2.05) is 6.07 Å². The number of hydrogen-bond acceptors (Lipinski definition) is 7. The van der Waals surface area contributed by atoms with Gasteiger partial charge < -0.3 is 15.2 Å². The average molecular weight is 388 g/mol. The molecule has 4 saturated carbocycles. The van der Waals surface area contributed by atoms with Crippen LogP contribution in [0.1, 0.15) is 59.8 Å². The number of nitrogen functional groups attached to an aromatic ring is 1. The van der Waals surface area contributed by atoms with E-state index in [9.17, 15) is 14.9 Å². The van der Waals surface area contributed by atoms with Gasteiger partial charge in [-0.15, -0.1) is 11.3 Å². The Labute approximate surface area is 162 Å². The fraction of sp³-hybridized carbons (Fsp3) is 0.650. The third-order valence-electron chi connectivity index (χ3n) is 6.46. The normalized spacial score (nSPS) is 30.7. The zero-order valence-electron chi connectivity index (χ0n) is 15.4. The number of nitriles is 1. The van der Waals surface area contributed by atoms with Gasteiger partial charge in [0.05, 0.1) is 18.1 Å². The van der Waals surface area contributed by atoms with E-state index in [0.717, 1.165) is 48.9 Å². The lowest BCUT2D eigenvalue weighted by Gasteiger charge is -2.53. The highest BCUT2D eigenvalue weighted by Crippen LogP contribution is 2.56. The summed E-state index contributed by atoms with van der Waals surface area (Å²) in [5.41, 5.74) is 6.46. The van der Waals surface area contributed by atoms with Crippen LogP contribution in [0.5, 0.6) is 0 Å². The number of nitrogens with two attached hydrogens (primary N) is 1. The molecule has 0 spiro atoms. The second kappa shape index (κ2) is 7.16. The van der Waals surface area contributed by atoms with Crippen LogP contribution in [-0.2, 0) is 20.9 Å². The van der Waals surface area contributed by atoms with Gasteiger partial charge in [-0.2, -0.15) is 5.26 Å². The van der Waals surface area contributed by atoms with Gasteiger partial charge in [0.15, 0.2) is 0 Å². The number of anilines is 1. The molecule has 0 radical (unpaired) electrons. The minimum atomic E-state index is -0.531. The van der Waals surface area contributed by atoms with E-state index in [2.05, 4.69) is 0 Å². The number of carbonyl (C=O) groups excluding carboxylic acids is 2. The van der Waals surface area contributed by atoms with Crippen LogP contribution in [0.3, 0.4) is 0 Å². The van der Waals surface area contributed by atoms with Gasteiger partial charge in [0.2, 0.25) is 0 Å². The third kappa shape index (κ3) is 3.20. The van der Waals surface area contributed by atoms with Crippen molar-refractivity contribution in [1.82, 2.24) is 0 Å². The molecule has 0 unspecified atom stereocenters. The molecule has 6 nitrogen and oxygen atoms in total. The first-order valence-electron chi connectivity index (χ1n) is 9.66. The standard InChI is InChI=1S/C20H24N2O4S/c1-2-25-20(24)17-15(14(8-21)18(22)27-17)9-26-19(23)16-12-4-10-3-11(6-12)7-13(16)5-10/h10-13,16H,2-7,9,22H2,1H3. The highest BCUT2D eigenvalue weighted by molar-refractivity contribution is 7.18. The maximum atomic E-state index is 12.9. The van der Waals surface area contributed by atoms with Crippen molar-refractivity contribution < 1.29 is 19.1 Å². The Hall–Kier alpha value is -2.07. The summed E-state index contributed by atoms with van der Waals surface area (Å²) in [7, 11) is 0. The molecule has 4 aliphatic rings. The summed E-state index contributed by atoms with van der Waals surface area (Å²) in [5, 5.41) is 9.64. The first kappa shape index (κ1) is 18.3. The van der Waals surface area contributed by atoms with Gasteiger partial charge >= 0.3 is 11.9 Å². The van der Waals surface area contributed by atoms with E-state index >= 15 is 0 Å². The number of thiophene rings is 1. The van der Waals surface area contributed by atoms with Gasteiger partial charge in [0.1, 0.15) is 22.6 Å². The molecule has 0 atom stereocenters. The summed E-state index contributed by atoms with van der Waals surface area (Å²) in [4.78, 5) is 25.3. The highest BCUT2D eigenvalue weighted by atomic mass is 32.1.